The number of amides is 1. The fraction of sp³-hybridized carbons (Fsp3) is 0.200. The lowest BCUT2D eigenvalue weighted by atomic mass is 10.1. The number of nitrogens with one attached hydrogen (secondary N) is 1. The number of rotatable bonds is 7. The van der Waals surface area contributed by atoms with Crippen LogP contribution < -0.4 is 14.8 Å². The summed E-state index contributed by atoms with van der Waals surface area (Å²) in [6.07, 6.45) is 1.47. The topological polar surface area (TPSA) is 71.3 Å². The van der Waals surface area contributed by atoms with Crippen LogP contribution in [-0.2, 0) is 4.79 Å². The Morgan fingerprint density at radius 1 is 1.12 bits per heavy atom. The van der Waals surface area contributed by atoms with E-state index in [1.807, 2.05) is 19.9 Å². The van der Waals surface area contributed by atoms with Gasteiger partial charge in [0.1, 0.15) is 23.1 Å². The molecule has 0 unspecified atom stereocenters. The van der Waals surface area contributed by atoms with Crippen LogP contribution in [0, 0.1) is 11.3 Å². The van der Waals surface area contributed by atoms with Crippen molar-refractivity contribution in [1.29, 1.82) is 5.26 Å². The first-order valence-electron chi connectivity index (χ1n) is 8.15. The van der Waals surface area contributed by atoms with Crippen LogP contribution in [0.3, 0.4) is 0 Å². The molecule has 0 aliphatic rings. The van der Waals surface area contributed by atoms with Crippen molar-refractivity contribution in [2.75, 3.05) is 18.5 Å². The molecular weight excluding hydrogens is 352 g/mol. The molecule has 0 atom stereocenters. The fourth-order valence-corrected chi connectivity index (χ4v) is 2.47. The van der Waals surface area contributed by atoms with Gasteiger partial charge in [-0.2, -0.15) is 5.26 Å². The zero-order chi connectivity index (χ0) is 18.9. The summed E-state index contributed by atoms with van der Waals surface area (Å²) >= 11 is 6.06. The molecular formula is C20H19ClN2O3. The average molecular weight is 371 g/mol. The maximum Gasteiger partial charge on any atom is 0.266 e. The second kappa shape index (κ2) is 9.50. The number of ether oxygens (including phenoxy) is 2. The first kappa shape index (κ1) is 19.4. The number of nitrogens with zero attached hydrogens (tertiary/aromatic N) is 1. The summed E-state index contributed by atoms with van der Waals surface area (Å²) in [6.45, 7) is 4.82. The average Bonchev–Trinajstić information content (AvgIpc) is 2.61. The zero-order valence-electron chi connectivity index (χ0n) is 14.6. The largest absolute Gasteiger partial charge is 0.494 e. The van der Waals surface area contributed by atoms with E-state index >= 15 is 0 Å². The van der Waals surface area contributed by atoms with Crippen LogP contribution in [0.4, 0.5) is 5.69 Å². The Morgan fingerprint density at radius 3 is 2.38 bits per heavy atom. The Kier molecular flexibility index (Phi) is 7.07. The van der Waals surface area contributed by atoms with Gasteiger partial charge in [0.15, 0.2) is 0 Å². The number of carbonyl (C=O) groups excluding carboxylic acids is 1. The molecule has 0 radical (unpaired) electrons. The van der Waals surface area contributed by atoms with Crippen LogP contribution in [0.15, 0.2) is 48.0 Å². The standard InChI is InChI=1S/C20H19ClN2O3/c1-3-25-18-7-5-17(6-8-18)23-20(24)15(13-22)9-14-10-16(21)12-19(11-14)26-4-2/h5-12H,3-4H2,1-2H3,(H,23,24)/b15-9+. The first-order valence-corrected chi connectivity index (χ1v) is 8.53. The molecule has 0 saturated heterocycles. The van der Waals surface area contributed by atoms with E-state index in [-0.39, 0.29) is 5.57 Å². The summed E-state index contributed by atoms with van der Waals surface area (Å²) in [5.41, 5.74) is 1.14. The highest BCUT2D eigenvalue weighted by Crippen LogP contribution is 2.23. The number of anilines is 1. The minimum atomic E-state index is -0.505. The normalized spacial score (nSPS) is 10.8. The van der Waals surface area contributed by atoms with Gasteiger partial charge in [0.05, 0.1) is 13.2 Å². The van der Waals surface area contributed by atoms with Crippen molar-refractivity contribution in [2.45, 2.75) is 13.8 Å². The molecule has 2 rings (SSSR count). The predicted octanol–water partition coefficient (Wildman–Crippen LogP) is 4.68. The van der Waals surface area contributed by atoms with Gasteiger partial charge in [0.25, 0.3) is 5.91 Å². The Hall–Kier alpha value is -2.97. The predicted molar refractivity (Wildman–Crippen MR) is 102 cm³/mol. The summed E-state index contributed by atoms with van der Waals surface area (Å²) in [7, 11) is 0. The van der Waals surface area contributed by atoms with Gasteiger partial charge in [0.2, 0.25) is 0 Å². The van der Waals surface area contributed by atoms with E-state index in [0.29, 0.717) is 41.0 Å². The van der Waals surface area contributed by atoms with E-state index in [9.17, 15) is 10.1 Å². The van der Waals surface area contributed by atoms with Crippen molar-refractivity contribution in [2.24, 2.45) is 0 Å². The van der Waals surface area contributed by atoms with Gasteiger partial charge in [-0.15, -0.1) is 0 Å². The Balaban J connectivity index is 2.17. The Morgan fingerprint density at radius 2 is 1.77 bits per heavy atom. The summed E-state index contributed by atoms with van der Waals surface area (Å²) in [5, 5.41) is 12.5. The maximum atomic E-state index is 12.4. The molecule has 134 valence electrons. The van der Waals surface area contributed by atoms with Crippen molar-refractivity contribution < 1.29 is 14.3 Å². The first-order chi connectivity index (χ1) is 12.5. The summed E-state index contributed by atoms with van der Waals surface area (Å²) in [4.78, 5) is 12.4. The molecule has 0 aliphatic heterocycles. The van der Waals surface area contributed by atoms with Gasteiger partial charge in [-0.25, -0.2) is 0 Å². The van der Waals surface area contributed by atoms with Crippen LogP contribution in [0.1, 0.15) is 19.4 Å². The second-order valence-corrected chi connectivity index (χ2v) is 5.67. The molecule has 0 saturated carbocycles. The highest BCUT2D eigenvalue weighted by Gasteiger charge is 2.10. The van der Waals surface area contributed by atoms with Gasteiger partial charge in [0, 0.05) is 10.7 Å². The zero-order valence-corrected chi connectivity index (χ0v) is 15.3. The van der Waals surface area contributed by atoms with Crippen LogP contribution in [-0.4, -0.2) is 19.1 Å². The number of carbonyl (C=O) groups is 1. The molecule has 2 aromatic rings. The smallest absolute Gasteiger partial charge is 0.266 e. The molecule has 1 N–H and O–H groups in total. The third-order valence-electron chi connectivity index (χ3n) is 3.30. The van der Waals surface area contributed by atoms with Crippen LogP contribution in [0.25, 0.3) is 6.08 Å². The molecule has 1 amide bonds. The van der Waals surface area contributed by atoms with Gasteiger partial charge >= 0.3 is 0 Å². The minimum absolute atomic E-state index is 0.0383. The van der Waals surface area contributed by atoms with Crippen LogP contribution in [0.2, 0.25) is 5.02 Å². The van der Waals surface area contributed by atoms with Gasteiger partial charge < -0.3 is 14.8 Å². The lowest BCUT2D eigenvalue weighted by Gasteiger charge is -2.07. The van der Waals surface area contributed by atoms with E-state index in [1.165, 1.54) is 6.08 Å². The second-order valence-electron chi connectivity index (χ2n) is 5.23. The number of benzene rings is 2. The molecule has 0 heterocycles. The van der Waals surface area contributed by atoms with Gasteiger partial charge in [-0.1, -0.05) is 11.6 Å². The van der Waals surface area contributed by atoms with E-state index in [2.05, 4.69) is 5.32 Å². The lowest BCUT2D eigenvalue weighted by molar-refractivity contribution is -0.112. The van der Waals surface area contributed by atoms with Crippen molar-refractivity contribution in [3.8, 4) is 17.6 Å². The molecule has 0 aliphatic carbocycles. The monoisotopic (exact) mass is 370 g/mol. The van der Waals surface area contributed by atoms with Crippen molar-refractivity contribution in [3.63, 3.8) is 0 Å². The summed E-state index contributed by atoms with van der Waals surface area (Å²) in [6, 6.07) is 13.9. The highest BCUT2D eigenvalue weighted by atomic mass is 35.5. The quantitative estimate of drug-likeness (QED) is 0.567. The molecule has 2 aromatic carbocycles. The number of hydrogen-bond acceptors (Lipinski definition) is 4. The minimum Gasteiger partial charge on any atom is -0.494 e. The summed E-state index contributed by atoms with van der Waals surface area (Å²) < 4.78 is 10.8. The third kappa shape index (κ3) is 5.54. The van der Waals surface area contributed by atoms with E-state index in [1.54, 1.807) is 42.5 Å². The maximum absolute atomic E-state index is 12.4. The van der Waals surface area contributed by atoms with Crippen LogP contribution in [0.5, 0.6) is 11.5 Å². The number of hydrogen-bond donors (Lipinski definition) is 1. The molecule has 0 spiro atoms. The van der Waals surface area contributed by atoms with E-state index in [4.69, 9.17) is 21.1 Å². The molecule has 6 heteroatoms. The molecule has 0 fully saturated rings. The van der Waals surface area contributed by atoms with Crippen molar-refractivity contribution >= 4 is 29.3 Å². The fourth-order valence-electron chi connectivity index (χ4n) is 2.23. The molecule has 0 bridgehead atoms. The van der Waals surface area contributed by atoms with E-state index < -0.39 is 5.91 Å². The van der Waals surface area contributed by atoms with Gasteiger partial charge in [-0.05, 0) is 68.0 Å². The Bertz CT molecular complexity index is 839. The molecule has 26 heavy (non-hydrogen) atoms. The Labute approximate surface area is 157 Å². The SMILES string of the molecule is CCOc1ccc(NC(=O)/C(C#N)=C/c2cc(Cl)cc(OCC)c2)cc1. The number of halogens is 1. The lowest BCUT2D eigenvalue weighted by Crippen LogP contribution is -2.13. The van der Waals surface area contributed by atoms with Crippen molar-refractivity contribution in [1.82, 2.24) is 0 Å². The van der Waals surface area contributed by atoms with E-state index in [0.717, 1.165) is 0 Å². The van der Waals surface area contributed by atoms with Crippen LogP contribution >= 0.6 is 11.6 Å². The van der Waals surface area contributed by atoms with Gasteiger partial charge in [-0.3, -0.25) is 4.79 Å². The highest BCUT2D eigenvalue weighted by molar-refractivity contribution is 6.30. The summed E-state index contributed by atoms with van der Waals surface area (Å²) in [5.74, 6) is 0.786. The molecule has 0 aromatic heterocycles. The number of nitriles is 1. The van der Waals surface area contributed by atoms with Crippen molar-refractivity contribution in [3.05, 3.63) is 58.6 Å². The molecule has 5 nitrogen and oxygen atoms in total. The third-order valence-corrected chi connectivity index (χ3v) is 3.52.